The molecule has 1 aromatic heterocycles. The Morgan fingerprint density at radius 2 is 1.62 bits per heavy atom. The molecule has 2 aromatic carbocycles. The van der Waals surface area contributed by atoms with Crippen LogP contribution in [0.3, 0.4) is 0 Å². The predicted octanol–water partition coefficient (Wildman–Crippen LogP) is 4.20. The summed E-state index contributed by atoms with van der Waals surface area (Å²) in [6.45, 7) is 1.13. The number of aliphatic hydroxyl groups excluding tert-OH is 1. The summed E-state index contributed by atoms with van der Waals surface area (Å²) in [4.78, 5) is 24.6. The first-order chi connectivity index (χ1) is 15.8. The molecular weight excluding hydrogens is 470 g/mol. The van der Waals surface area contributed by atoms with Crippen LogP contribution in [0.15, 0.2) is 41.2 Å². The van der Waals surface area contributed by atoms with E-state index in [9.17, 15) is 41.0 Å². The number of anilines is 1. The van der Waals surface area contributed by atoms with E-state index in [0.29, 0.717) is 25.0 Å². The monoisotopic (exact) mass is 490 g/mol. The lowest BCUT2D eigenvalue weighted by Gasteiger charge is -2.33. The van der Waals surface area contributed by atoms with Gasteiger partial charge in [-0.25, -0.2) is 0 Å². The Hall–Kier alpha value is -3.12. The first-order valence-electron chi connectivity index (χ1n) is 10.1. The van der Waals surface area contributed by atoms with E-state index in [4.69, 9.17) is 5.11 Å². The fourth-order valence-electron chi connectivity index (χ4n) is 3.73. The van der Waals surface area contributed by atoms with Gasteiger partial charge in [0.2, 0.25) is 5.91 Å². The molecule has 0 unspecified atom stereocenters. The number of carbonyl (C=O) groups excluding carboxylic acids is 1. The van der Waals surface area contributed by atoms with Crippen molar-refractivity contribution in [2.24, 2.45) is 0 Å². The third-order valence-corrected chi connectivity index (χ3v) is 5.47. The first kappa shape index (κ1) is 25.5. The molecule has 0 fully saturated rings. The normalized spacial score (nSPS) is 13.0. The molecule has 1 amide bonds. The van der Waals surface area contributed by atoms with Gasteiger partial charge >= 0.3 is 12.4 Å². The van der Waals surface area contributed by atoms with E-state index in [0.717, 1.165) is 6.07 Å². The van der Waals surface area contributed by atoms with Crippen LogP contribution in [-0.4, -0.2) is 39.6 Å². The Morgan fingerprint density at radius 3 is 2.18 bits per heavy atom. The molecule has 34 heavy (non-hydrogen) atoms. The van der Waals surface area contributed by atoms with Crippen LogP contribution in [0.25, 0.3) is 21.7 Å². The van der Waals surface area contributed by atoms with Gasteiger partial charge in [0.25, 0.3) is 11.2 Å². The number of alkyl halides is 6. The number of amides is 1. The number of pyridine rings is 1. The highest BCUT2D eigenvalue weighted by Crippen LogP contribution is 2.50. The third-order valence-electron chi connectivity index (χ3n) is 5.47. The SMILES string of the molecule is CCCCn1c(=O)c2ccc(NC(=O)CO)cc2c2cc(C(O)(C(F)(F)F)C(F)(F)F)ccc21. The second-order valence-corrected chi connectivity index (χ2v) is 7.71. The van der Waals surface area contributed by atoms with Crippen LogP contribution >= 0.6 is 0 Å². The van der Waals surface area contributed by atoms with E-state index >= 15 is 0 Å². The van der Waals surface area contributed by atoms with Crippen molar-refractivity contribution >= 4 is 33.3 Å². The average Bonchev–Trinajstić information content (AvgIpc) is 2.76. The van der Waals surface area contributed by atoms with E-state index in [2.05, 4.69) is 5.32 Å². The summed E-state index contributed by atoms with van der Waals surface area (Å²) in [5, 5.41) is 20.9. The van der Waals surface area contributed by atoms with Gasteiger partial charge in [0.1, 0.15) is 6.61 Å². The van der Waals surface area contributed by atoms with Crippen molar-refractivity contribution < 1.29 is 41.4 Å². The van der Waals surface area contributed by atoms with Crippen LogP contribution in [0.5, 0.6) is 0 Å². The number of hydrogen-bond donors (Lipinski definition) is 3. The maximum absolute atomic E-state index is 13.5. The van der Waals surface area contributed by atoms with Gasteiger partial charge in [-0.2, -0.15) is 26.3 Å². The van der Waals surface area contributed by atoms with Crippen LogP contribution in [0.4, 0.5) is 32.0 Å². The number of aromatic nitrogens is 1. The van der Waals surface area contributed by atoms with Crippen molar-refractivity contribution in [3.05, 3.63) is 52.3 Å². The summed E-state index contributed by atoms with van der Waals surface area (Å²) in [5.74, 6) is -0.816. The van der Waals surface area contributed by atoms with Gasteiger partial charge in [-0.3, -0.25) is 9.59 Å². The molecule has 0 saturated carbocycles. The maximum atomic E-state index is 13.5. The Balaban J connectivity index is 2.43. The zero-order chi connectivity index (χ0) is 25.5. The molecular formula is C22H20F6N2O4. The second-order valence-electron chi connectivity index (χ2n) is 7.71. The number of halogens is 6. The van der Waals surface area contributed by atoms with E-state index in [-0.39, 0.29) is 33.9 Å². The molecule has 0 bridgehead atoms. The van der Waals surface area contributed by atoms with Crippen molar-refractivity contribution in [3.63, 3.8) is 0 Å². The molecule has 0 aliphatic heterocycles. The van der Waals surface area contributed by atoms with Crippen molar-refractivity contribution in [3.8, 4) is 0 Å². The second kappa shape index (κ2) is 8.91. The molecule has 0 aliphatic rings. The van der Waals surface area contributed by atoms with Crippen molar-refractivity contribution in [2.45, 2.75) is 44.3 Å². The van der Waals surface area contributed by atoms with Gasteiger partial charge in [-0.15, -0.1) is 0 Å². The highest BCUT2D eigenvalue weighted by Gasteiger charge is 2.71. The average molecular weight is 490 g/mol. The first-order valence-corrected chi connectivity index (χ1v) is 10.1. The van der Waals surface area contributed by atoms with Crippen LogP contribution in [0, 0.1) is 0 Å². The molecule has 0 saturated heterocycles. The van der Waals surface area contributed by atoms with E-state index in [1.165, 1.54) is 22.8 Å². The van der Waals surface area contributed by atoms with Crippen molar-refractivity contribution in [1.82, 2.24) is 4.57 Å². The number of nitrogens with one attached hydrogen (secondary N) is 1. The van der Waals surface area contributed by atoms with Gasteiger partial charge < -0.3 is 20.1 Å². The summed E-state index contributed by atoms with van der Waals surface area (Å²) >= 11 is 0. The molecule has 3 N–H and O–H groups in total. The molecule has 0 aliphatic carbocycles. The fourth-order valence-corrected chi connectivity index (χ4v) is 3.73. The summed E-state index contributed by atoms with van der Waals surface area (Å²) in [7, 11) is 0. The number of fused-ring (bicyclic) bond motifs is 3. The number of nitrogens with zero attached hydrogens (tertiary/aromatic N) is 1. The van der Waals surface area contributed by atoms with Gasteiger partial charge in [0.05, 0.1) is 5.52 Å². The lowest BCUT2D eigenvalue weighted by Crippen LogP contribution is -2.53. The molecule has 12 heteroatoms. The van der Waals surface area contributed by atoms with Gasteiger partial charge in [0, 0.05) is 28.6 Å². The zero-order valence-corrected chi connectivity index (χ0v) is 17.7. The number of carbonyl (C=O) groups is 1. The number of aryl methyl sites for hydroxylation is 1. The zero-order valence-electron chi connectivity index (χ0n) is 17.7. The predicted molar refractivity (Wildman–Crippen MR) is 112 cm³/mol. The number of unbranched alkanes of at least 4 members (excludes halogenated alkanes) is 1. The number of rotatable bonds is 6. The number of benzene rings is 2. The van der Waals surface area contributed by atoms with E-state index in [1.807, 2.05) is 6.92 Å². The molecule has 184 valence electrons. The van der Waals surface area contributed by atoms with Gasteiger partial charge in [-0.1, -0.05) is 19.4 Å². The van der Waals surface area contributed by atoms with Gasteiger partial charge in [-0.05, 0) is 42.1 Å². The Bertz CT molecular complexity index is 1280. The van der Waals surface area contributed by atoms with Crippen LogP contribution < -0.4 is 10.9 Å². The van der Waals surface area contributed by atoms with Crippen LogP contribution in [0.2, 0.25) is 0 Å². The van der Waals surface area contributed by atoms with Crippen molar-refractivity contribution in [1.29, 1.82) is 0 Å². The quantitative estimate of drug-likeness (QED) is 0.357. The molecule has 0 atom stereocenters. The van der Waals surface area contributed by atoms with Crippen LogP contribution in [0.1, 0.15) is 25.3 Å². The van der Waals surface area contributed by atoms with E-state index in [1.54, 1.807) is 0 Å². The summed E-state index contributed by atoms with van der Waals surface area (Å²) < 4.78 is 82.0. The summed E-state index contributed by atoms with van der Waals surface area (Å²) in [6.07, 6.45) is -11.0. The summed E-state index contributed by atoms with van der Waals surface area (Å²) in [6, 6.07) is 5.79. The molecule has 3 aromatic rings. The fraction of sp³-hybridized carbons (Fsp3) is 0.364. The van der Waals surface area contributed by atoms with Crippen molar-refractivity contribution in [2.75, 3.05) is 11.9 Å². The minimum absolute atomic E-state index is 0.00897. The highest BCUT2D eigenvalue weighted by molar-refractivity contribution is 6.08. The lowest BCUT2D eigenvalue weighted by atomic mass is 9.90. The Morgan fingerprint density at radius 1 is 0.971 bits per heavy atom. The molecule has 0 spiro atoms. The van der Waals surface area contributed by atoms with Gasteiger partial charge in [0.15, 0.2) is 0 Å². The maximum Gasteiger partial charge on any atom is 0.430 e. The molecule has 1 heterocycles. The summed E-state index contributed by atoms with van der Waals surface area (Å²) in [5.41, 5.74) is -7.01. The largest absolute Gasteiger partial charge is 0.430 e. The number of aliphatic hydroxyl groups is 2. The molecule has 6 nitrogen and oxygen atoms in total. The molecule has 3 rings (SSSR count). The molecule has 0 radical (unpaired) electrons. The topological polar surface area (TPSA) is 91.6 Å². The van der Waals surface area contributed by atoms with Crippen LogP contribution in [-0.2, 0) is 16.9 Å². The minimum Gasteiger partial charge on any atom is -0.387 e. The third kappa shape index (κ3) is 4.23. The Labute approximate surface area is 188 Å². The minimum atomic E-state index is -6.08. The highest BCUT2D eigenvalue weighted by atomic mass is 19.4. The standard InChI is InChI=1S/C22H20F6N2O4/c1-2-3-8-30-17-7-4-12(20(34,21(23,24)25)22(26,27)28)9-16(17)15-10-13(29-18(32)11-31)5-6-14(15)19(30)33/h4-7,9-10,31,34H,2-3,8,11H2,1H3,(H,29,32). The lowest BCUT2D eigenvalue weighted by molar-refractivity contribution is -0.376. The smallest absolute Gasteiger partial charge is 0.387 e. The number of hydrogen-bond acceptors (Lipinski definition) is 4. The van der Waals surface area contributed by atoms with E-state index < -0.39 is 41.6 Å². The Kier molecular flexibility index (Phi) is 6.68.